The van der Waals surface area contributed by atoms with E-state index < -0.39 is 0 Å². The number of aromatic nitrogens is 1. The second-order valence-corrected chi connectivity index (χ2v) is 10.3. The van der Waals surface area contributed by atoms with Crippen molar-refractivity contribution < 1.29 is 0 Å². The first kappa shape index (κ1) is 21.8. The van der Waals surface area contributed by atoms with E-state index in [9.17, 15) is 15.8 Å². The standard InChI is InChI=1S/C33H16N4S/c34-17-20-5-8-31-27(13-20)26-3-1-2-4-30(26)37(31)25-12-22(19-36)11-24(15-25)23-7-10-33-29(16-23)28-14-21(18-35)6-9-32(28)38-33/h1-16H. The van der Waals surface area contributed by atoms with E-state index in [4.69, 9.17) is 0 Å². The van der Waals surface area contributed by atoms with Gasteiger partial charge in [-0.1, -0.05) is 24.3 Å². The van der Waals surface area contributed by atoms with Crippen LogP contribution in [0.15, 0.2) is 97.1 Å². The van der Waals surface area contributed by atoms with Gasteiger partial charge in [0.2, 0.25) is 0 Å². The van der Waals surface area contributed by atoms with Crippen molar-refractivity contribution in [3.05, 3.63) is 114 Å². The maximum Gasteiger partial charge on any atom is 0.0992 e. The van der Waals surface area contributed by atoms with Crippen LogP contribution in [-0.4, -0.2) is 4.57 Å². The first-order valence-electron chi connectivity index (χ1n) is 12.0. The number of hydrogen-bond acceptors (Lipinski definition) is 4. The van der Waals surface area contributed by atoms with Gasteiger partial charge in [0.15, 0.2) is 0 Å². The molecule has 2 aromatic heterocycles. The molecule has 0 fully saturated rings. The molecule has 0 aliphatic rings. The minimum absolute atomic E-state index is 0.569. The molecule has 5 heteroatoms. The first-order valence-corrected chi connectivity index (χ1v) is 12.8. The van der Waals surface area contributed by atoms with Crippen molar-refractivity contribution in [3.63, 3.8) is 0 Å². The van der Waals surface area contributed by atoms with Crippen molar-refractivity contribution in [2.75, 3.05) is 0 Å². The zero-order valence-electron chi connectivity index (χ0n) is 19.9. The number of hydrogen-bond donors (Lipinski definition) is 0. The molecule has 0 amide bonds. The van der Waals surface area contributed by atoms with Gasteiger partial charge < -0.3 is 4.57 Å². The molecule has 5 aromatic carbocycles. The zero-order valence-corrected chi connectivity index (χ0v) is 20.8. The molecule has 0 atom stereocenters. The summed E-state index contributed by atoms with van der Waals surface area (Å²) in [6.45, 7) is 0. The Balaban J connectivity index is 1.49. The SMILES string of the molecule is N#Cc1cc(-c2ccc3sc4ccc(C#N)cc4c3c2)cc(-n2c3ccccc3c3cc(C#N)ccc32)c1. The van der Waals surface area contributed by atoms with Gasteiger partial charge in [0.05, 0.1) is 45.9 Å². The highest BCUT2D eigenvalue weighted by molar-refractivity contribution is 7.25. The summed E-state index contributed by atoms with van der Waals surface area (Å²) in [5, 5.41) is 33.0. The summed E-state index contributed by atoms with van der Waals surface area (Å²) in [5.74, 6) is 0. The Labute approximate surface area is 222 Å². The number of para-hydroxylation sites is 1. The van der Waals surface area contributed by atoms with Gasteiger partial charge >= 0.3 is 0 Å². The fourth-order valence-corrected chi connectivity index (χ4v) is 6.39. The molecule has 0 aliphatic carbocycles. The highest BCUT2D eigenvalue weighted by Gasteiger charge is 2.15. The number of fused-ring (bicyclic) bond motifs is 6. The second-order valence-electron chi connectivity index (χ2n) is 9.21. The lowest BCUT2D eigenvalue weighted by Crippen LogP contribution is -1.96. The summed E-state index contributed by atoms with van der Waals surface area (Å²) in [4.78, 5) is 0. The molecule has 4 nitrogen and oxygen atoms in total. The average molecular weight is 501 g/mol. The summed E-state index contributed by atoms with van der Waals surface area (Å²) >= 11 is 1.71. The van der Waals surface area contributed by atoms with Gasteiger partial charge in [0.1, 0.15) is 0 Å². The van der Waals surface area contributed by atoms with E-state index in [0.717, 1.165) is 58.8 Å². The van der Waals surface area contributed by atoms with Gasteiger partial charge in [-0.3, -0.25) is 0 Å². The summed E-state index contributed by atoms with van der Waals surface area (Å²) in [7, 11) is 0. The molecule has 0 spiro atoms. The molecular formula is C33H16N4S. The Kier molecular flexibility index (Phi) is 4.78. The molecule has 0 radical (unpaired) electrons. The highest BCUT2D eigenvalue weighted by Crippen LogP contribution is 2.38. The molecular weight excluding hydrogens is 484 g/mol. The van der Waals surface area contributed by atoms with Gasteiger partial charge in [0, 0.05) is 36.6 Å². The minimum atomic E-state index is 0.569. The van der Waals surface area contributed by atoms with Crippen LogP contribution in [0.5, 0.6) is 0 Å². The molecule has 0 saturated carbocycles. The topological polar surface area (TPSA) is 76.3 Å². The van der Waals surface area contributed by atoms with Crippen LogP contribution < -0.4 is 0 Å². The molecule has 0 aliphatic heterocycles. The molecule has 38 heavy (non-hydrogen) atoms. The van der Waals surface area contributed by atoms with Gasteiger partial charge in [-0.25, -0.2) is 0 Å². The van der Waals surface area contributed by atoms with E-state index in [1.54, 1.807) is 11.3 Å². The first-order chi connectivity index (χ1) is 18.7. The predicted molar refractivity (Wildman–Crippen MR) is 153 cm³/mol. The van der Waals surface area contributed by atoms with Crippen LogP contribution in [0.2, 0.25) is 0 Å². The van der Waals surface area contributed by atoms with E-state index >= 15 is 0 Å². The maximum atomic E-state index is 9.94. The van der Waals surface area contributed by atoms with Crippen LogP contribution in [0, 0.1) is 34.0 Å². The van der Waals surface area contributed by atoms with Gasteiger partial charge in [-0.05, 0) is 83.9 Å². The van der Waals surface area contributed by atoms with Crippen molar-refractivity contribution in [1.29, 1.82) is 15.8 Å². The summed E-state index contributed by atoms with van der Waals surface area (Å²) in [6, 6.07) is 38.8. The molecule has 0 bridgehead atoms. The van der Waals surface area contributed by atoms with Crippen molar-refractivity contribution in [3.8, 4) is 35.0 Å². The molecule has 0 N–H and O–H groups in total. The third-order valence-corrected chi connectivity index (χ3v) is 8.19. The van der Waals surface area contributed by atoms with Crippen molar-refractivity contribution in [1.82, 2.24) is 4.57 Å². The Morgan fingerprint density at radius 1 is 0.500 bits per heavy atom. The molecule has 7 aromatic rings. The monoisotopic (exact) mass is 500 g/mol. The van der Waals surface area contributed by atoms with Crippen LogP contribution in [0.1, 0.15) is 16.7 Å². The summed E-state index contributed by atoms with van der Waals surface area (Å²) in [6.07, 6.45) is 0. The van der Waals surface area contributed by atoms with E-state index in [2.05, 4.69) is 59.2 Å². The van der Waals surface area contributed by atoms with Crippen molar-refractivity contribution in [2.45, 2.75) is 0 Å². The smallest absolute Gasteiger partial charge is 0.0992 e. The van der Waals surface area contributed by atoms with Gasteiger partial charge in [0.25, 0.3) is 0 Å². The fraction of sp³-hybridized carbons (Fsp3) is 0. The highest BCUT2D eigenvalue weighted by atomic mass is 32.1. The molecule has 7 rings (SSSR count). The quantitative estimate of drug-likeness (QED) is 0.239. The Morgan fingerprint density at radius 2 is 1.16 bits per heavy atom. The average Bonchev–Trinajstić information content (AvgIpc) is 3.51. The zero-order chi connectivity index (χ0) is 25.8. The largest absolute Gasteiger partial charge is 0.309 e. The van der Waals surface area contributed by atoms with Gasteiger partial charge in [-0.15, -0.1) is 11.3 Å². The van der Waals surface area contributed by atoms with Crippen LogP contribution in [0.3, 0.4) is 0 Å². The fourth-order valence-electron chi connectivity index (χ4n) is 5.32. The van der Waals surface area contributed by atoms with Crippen molar-refractivity contribution >= 4 is 53.3 Å². The Hall–Kier alpha value is -5.41. The number of rotatable bonds is 2. The molecule has 0 saturated heterocycles. The number of benzene rings is 5. The van der Waals surface area contributed by atoms with Crippen LogP contribution >= 0.6 is 11.3 Å². The van der Waals surface area contributed by atoms with Gasteiger partial charge in [-0.2, -0.15) is 15.8 Å². The maximum absolute atomic E-state index is 9.94. The molecule has 0 unspecified atom stereocenters. The van der Waals surface area contributed by atoms with Crippen LogP contribution in [0.25, 0.3) is 58.8 Å². The van der Waals surface area contributed by atoms with E-state index in [1.165, 1.54) is 0 Å². The lowest BCUT2D eigenvalue weighted by molar-refractivity contribution is 1.18. The second kappa shape index (κ2) is 8.32. The number of thiophene rings is 1. The Bertz CT molecular complexity index is 2230. The predicted octanol–water partition coefficient (Wildman–Crippen LogP) is 8.43. The van der Waals surface area contributed by atoms with Crippen molar-refractivity contribution in [2.24, 2.45) is 0 Å². The number of nitrogens with zero attached hydrogens (tertiary/aromatic N) is 4. The molecule has 174 valence electrons. The van der Waals surface area contributed by atoms with Crippen LogP contribution in [-0.2, 0) is 0 Å². The van der Waals surface area contributed by atoms with E-state index in [-0.39, 0.29) is 0 Å². The third kappa shape index (κ3) is 3.26. The van der Waals surface area contributed by atoms with E-state index in [0.29, 0.717) is 16.7 Å². The lowest BCUT2D eigenvalue weighted by atomic mass is 10.00. The Morgan fingerprint density at radius 3 is 1.95 bits per heavy atom. The summed E-state index contributed by atoms with van der Waals surface area (Å²) < 4.78 is 4.46. The third-order valence-electron chi connectivity index (χ3n) is 7.04. The minimum Gasteiger partial charge on any atom is -0.309 e. The summed E-state index contributed by atoms with van der Waals surface area (Å²) in [5.41, 5.74) is 6.65. The van der Waals surface area contributed by atoms with E-state index in [1.807, 2.05) is 60.7 Å². The molecule has 2 heterocycles. The van der Waals surface area contributed by atoms with Crippen LogP contribution in [0.4, 0.5) is 0 Å². The lowest BCUT2D eigenvalue weighted by Gasteiger charge is -2.12. The normalized spacial score (nSPS) is 11.1. The number of nitriles is 3.